The third-order valence-corrected chi connectivity index (χ3v) is 3.73. The smallest absolute Gasteiger partial charge is 0.429 e. The molecule has 0 bridgehead atoms. The summed E-state index contributed by atoms with van der Waals surface area (Å²) in [5.41, 5.74) is -4.26. The molecule has 28 heavy (non-hydrogen) atoms. The van der Waals surface area contributed by atoms with Gasteiger partial charge >= 0.3 is 18.3 Å². The van der Waals surface area contributed by atoms with E-state index in [1.54, 1.807) is 0 Å². The molecule has 4 nitrogen and oxygen atoms in total. The lowest BCUT2D eigenvalue weighted by atomic mass is 10.2. The number of hydrogen-bond donors (Lipinski definition) is 2. The average molecular weight is 447 g/mol. The van der Waals surface area contributed by atoms with Gasteiger partial charge in [0, 0.05) is 11.4 Å². The molecule has 2 N–H and O–H groups in total. The summed E-state index contributed by atoms with van der Waals surface area (Å²) in [6.07, 6.45) is -8.95. The highest BCUT2D eigenvalue weighted by atomic mass is 35.5. The Kier molecular flexibility index (Phi) is 6.56. The van der Waals surface area contributed by atoms with Crippen molar-refractivity contribution in [2.45, 2.75) is 17.9 Å². The van der Waals surface area contributed by atoms with E-state index in [9.17, 15) is 31.1 Å². The number of amides is 2. The fraction of sp³-hybridized carbons (Fsp3) is 0.188. The normalized spacial score (nSPS) is 13.0. The van der Waals surface area contributed by atoms with Gasteiger partial charge in [-0.3, -0.25) is 0 Å². The first kappa shape index (κ1) is 22.0. The number of alkyl halides is 7. The molecule has 12 heteroatoms. The molecule has 2 rings (SSSR count). The summed E-state index contributed by atoms with van der Waals surface area (Å²) in [5.74, 6) is -0.424. The topological polar surface area (TPSA) is 50.4 Å². The number of ether oxygens (including phenoxy) is 1. The summed E-state index contributed by atoms with van der Waals surface area (Å²) in [4.78, 5) is 11.9. The molecule has 0 aromatic heterocycles. The van der Waals surface area contributed by atoms with Crippen molar-refractivity contribution < 1.29 is 35.9 Å². The molecule has 0 fully saturated rings. The third-order valence-electron chi connectivity index (χ3n) is 3.15. The molecule has 152 valence electrons. The van der Waals surface area contributed by atoms with Crippen LogP contribution in [0.5, 0.6) is 5.75 Å². The van der Waals surface area contributed by atoms with Crippen LogP contribution in [0.25, 0.3) is 0 Å². The van der Waals surface area contributed by atoms with Gasteiger partial charge in [0.05, 0.1) is 10.6 Å². The minimum absolute atomic E-state index is 0.0980. The first-order valence-electron chi connectivity index (χ1n) is 7.28. The Morgan fingerprint density at radius 1 is 0.964 bits per heavy atom. The highest BCUT2D eigenvalue weighted by Crippen LogP contribution is 2.36. The van der Waals surface area contributed by atoms with E-state index >= 15 is 0 Å². The van der Waals surface area contributed by atoms with Crippen LogP contribution in [-0.2, 0) is 6.18 Å². The number of halogens is 8. The van der Waals surface area contributed by atoms with Crippen LogP contribution in [0.15, 0.2) is 42.5 Å². The first-order valence-corrected chi connectivity index (χ1v) is 8.10. The maximum absolute atomic E-state index is 13.0. The fourth-order valence-corrected chi connectivity index (χ4v) is 2.19. The number of carbonyl (C=O) groups is 1. The van der Waals surface area contributed by atoms with Crippen LogP contribution in [0.2, 0.25) is 5.02 Å². The van der Waals surface area contributed by atoms with Crippen LogP contribution in [0.1, 0.15) is 5.56 Å². The quantitative estimate of drug-likeness (QED) is 0.406. The van der Waals surface area contributed by atoms with E-state index in [1.807, 2.05) is 0 Å². The van der Waals surface area contributed by atoms with Crippen molar-refractivity contribution in [1.82, 2.24) is 0 Å². The third kappa shape index (κ3) is 5.83. The molecule has 2 aromatic rings. The maximum atomic E-state index is 13.0. The highest BCUT2D eigenvalue weighted by Gasteiger charge is 2.42. The van der Waals surface area contributed by atoms with Crippen LogP contribution >= 0.6 is 23.2 Å². The second-order valence-corrected chi connectivity index (χ2v) is 6.05. The van der Waals surface area contributed by atoms with Crippen molar-refractivity contribution in [3.05, 3.63) is 53.1 Å². The van der Waals surface area contributed by atoms with Crippen molar-refractivity contribution in [3.63, 3.8) is 0 Å². The highest BCUT2D eigenvalue weighted by molar-refractivity contribution is 6.31. The van der Waals surface area contributed by atoms with Gasteiger partial charge in [-0.2, -0.15) is 22.0 Å². The van der Waals surface area contributed by atoms with Crippen LogP contribution < -0.4 is 15.4 Å². The molecule has 0 aliphatic carbocycles. The van der Waals surface area contributed by atoms with Gasteiger partial charge in [0.15, 0.2) is 0 Å². The number of benzene rings is 2. The maximum Gasteiger partial charge on any atom is 0.444 e. The number of nitrogens with one attached hydrogen (secondary N) is 2. The van der Waals surface area contributed by atoms with E-state index < -0.39 is 40.3 Å². The Balaban J connectivity index is 2.02. The minimum atomic E-state index is -4.70. The van der Waals surface area contributed by atoms with E-state index in [4.69, 9.17) is 11.6 Å². The molecule has 0 aliphatic heterocycles. The fourth-order valence-electron chi connectivity index (χ4n) is 1.92. The molecule has 0 saturated heterocycles. The monoisotopic (exact) mass is 446 g/mol. The van der Waals surface area contributed by atoms with E-state index in [2.05, 4.69) is 27.0 Å². The molecule has 1 atom stereocenters. The van der Waals surface area contributed by atoms with Gasteiger partial charge in [0.2, 0.25) is 0 Å². The van der Waals surface area contributed by atoms with Crippen molar-refractivity contribution in [2.75, 3.05) is 10.6 Å². The van der Waals surface area contributed by atoms with Gasteiger partial charge in [0.1, 0.15) is 5.75 Å². The zero-order chi connectivity index (χ0) is 21.1. The lowest BCUT2D eigenvalue weighted by Gasteiger charge is -2.17. The predicted molar refractivity (Wildman–Crippen MR) is 91.9 cm³/mol. The van der Waals surface area contributed by atoms with E-state index in [1.165, 1.54) is 0 Å². The Labute approximate surface area is 164 Å². The SMILES string of the molecule is O=C(Nc1ccc(OC(F)(F)C(F)Cl)cc1)Nc1ccc(Cl)c(C(F)(F)F)c1. The van der Waals surface area contributed by atoms with Crippen LogP contribution in [0.4, 0.5) is 42.5 Å². The Morgan fingerprint density at radius 2 is 1.50 bits per heavy atom. The lowest BCUT2D eigenvalue weighted by molar-refractivity contribution is -0.199. The van der Waals surface area contributed by atoms with Crippen molar-refractivity contribution >= 4 is 40.6 Å². The zero-order valence-electron chi connectivity index (χ0n) is 13.5. The molecule has 0 radical (unpaired) electrons. The van der Waals surface area contributed by atoms with Crippen molar-refractivity contribution in [1.29, 1.82) is 0 Å². The number of carbonyl (C=O) groups excluding carboxylic acids is 1. The lowest BCUT2D eigenvalue weighted by Crippen LogP contribution is -2.32. The Hall–Kier alpha value is -2.33. The largest absolute Gasteiger partial charge is 0.444 e. The number of rotatable bonds is 5. The van der Waals surface area contributed by atoms with Crippen LogP contribution in [0.3, 0.4) is 0 Å². The summed E-state index contributed by atoms with van der Waals surface area (Å²) < 4.78 is 81.1. The summed E-state index contributed by atoms with van der Waals surface area (Å²) >= 11 is 10.1. The molecule has 0 saturated carbocycles. The molecular formula is C16H10Cl2F6N2O2. The molecular weight excluding hydrogens is 437 g/mol. The summed E-state index contributed by atoms with van der Waals surface area (Å²) in [7, 11) is 0. The van der Waals surface area contributed by atoms with Gasteiger partial charge in [0.25, 0.3) is 5.63 Å². The summed E-state index contributed by atoms with van der Waals surface area (Å²) in [6.45, 7) is 0. The van der Waals surface area contributed by atoms with Crippen molar-refractivity contribution in [2.24, 2.45) is 0 Å². The molecule has 2 amide bonds. The molecule has 0 heterocycles. The molecule has 1 unspecified atom stereocenters. The zero-order valence-corrected chi connectivity index (χ0v) is 15.0. The number of anilines is 2. The first-order chi connectivity index (χ1) is 12.9. The van der Waals surface area contributed by atoms with E-state index in [-0.39, 0.29) is 11.4 Å². The average Bonchev–Trinajstić information content (AvgIpc) is 2.57. The van der Waals surface area contributed by atoms with Gasteiger partial charge in [-0.25, -0.2) is 9.18 Å². The minimum Gasteiger partial charge on any atom is -0.429 e. The van der Waals surface area contributed by atoms with Gasteiger partial charge in [-0.15, -0.1) is 0 Å². The van der Waals surface area contributed by atoms with E-state index in [0.29, 0.717) is 6.07 Å². The second-order valence-electron chi connectivity index (χ2n) is 5.26. The van der Waals surface area contributed by atoms with Gasteiger partial charge < -0.3 is 15.4 Å². The Bertz CT molecular complexity index is 844. The number of urea groups is 1. The van der Waals surface area contributed by atoms with Gasteiger partial charge in [-0.05, 0) is 42.5 Å². The predicted octanol–water partition coefficient (Wildman–Crippen LogP) is 6.51. The summed E-state index contributed by atoms with van der Waals surface area (Å²) in [6, 6.07) is 6.20. The number of hydrogen-bond acceptors (Lipinski definition) is 2. The van der Waals surface area contributed by atoms with Crippen LogP contribution in [0, 0.1) is 0 Å². The Morgan fingerprint density at radius 3 is 2.04 bits per heavy atom. The standard InChI is InChI=1S/C16H10Cl2F6N2O2/c17-12-6-3-9(7-11(12)15(20,21)22)26-14(27)25-8-1-4-10(5-2-8)28-16(23,24)13(18)19/h1-7,13H,(H2,25,26,27). The molecule has 0 aliphatic rings. The summed E-state index contributed by atoms with van der Waals surface area (Å²) in [5, 5.41) is 3.91. The second kappa shape index (κ2) is 8.36. The van der Waals surface area contributed by atoms with E-state index in [0.717, 1.165) is 36.4 Å². The van der Waals surface area contributed by atoms with Crippen molar-refractivity contribution in [3.8, 4) is 5.75 Å². The van der Waals surface area contributed by atoms with Gasteiger partial charge in [-0.1, -0.05) is 23.2 Å². The molecule has 2 aromatic carbocycles. The molecule has 0 spiro atoms. The van der Waals surface area contributed by atoms with Crippen LogP contribution in [-0.4, -0.2) is 17.8 Å².